The van der Waals surface area contributed by atoms with E-state index in [9.17, 15) is 9.59 Å². The average Bonchev–Trinajstić information content (AvgIpc) is 3.27. The number of anilines is 3. The molecule has 0 spiro atoms. The predicted molar refractivity (Wildman–Crippen MR) is 124 cm³/mol. The molecule has 1 aliphatic rings. The minimum absolute atomic E-state index is 0.0104. The lowest BCUT2D eigenvalue weighted by Gasteiger charge is -2.35. The van der Waals surface area contributed by atoms with Gasteiger partial charge in [0.15, 0.2) is 5.52 Å². The number of rotatable bonds is 7. The molecule has 0 radical (unpaired) electrons. The summed E-state index contributed by atoms with van der Waals surface area (Å²) in [4.78, 5) is 38.3. The van der Waals surface area contributed by atoms with Crippen LogP contribution in [-0.2, 0) is 4.74 Å². The van der Waals surface area contributed by atoms with Crippen LogP contribution in [0.15, 0.2) is 52.4 Å². The topological polar surface area (TPSA) is 149 Å². The van der Waals surface area contributed by atoms with Crippen LogP contribution >= 0.6 is 0 Å². The van der Waals surface area contributed by atoms with Crippen LogP contribution in [0.2, 0.25) is 0 Å². The molecule has 0 unspecified atom stereocenters. The highest BCUT2D eigenvalue weighted by Gasteiger charge is 2.34. The third-order valence-corrected chi connectivity index (χ3v) is 5.78. The van der Waals surface area contributed by atoms with Crippen LogP contribution in [0.1, 0.15) is 23.4 Å². The third-order valence-electron chi connectivity index (χ3n) is 5.78. The Balaban J connectivity index is 1.48. The monoisotopic (exact) mass is 462 g/mol. The summed E-state index contributed by atoms with van der Waals surface area (Å²) in [6.45, 7) is 0. The number of ether oxygens (including phenoxy) is 1. The molecular weight excluding hydrogens is 440 g/mol. The van der Waals surface area contributed by atoms with Gasteiger partial charge in [-0.15, -0.1) is 0 Å². The number of hydrogen-bond donors (Lipinski definition) is 3. The molecule has 2 atom stereocenters. The molecule has 4 heterocycles. The molecule has 4 aromatic rings. The molecule has 1 fully saturated rings. The molecule has 12 heteroatoms. The number of carbonyl (C=O) groups excluding carboxylic acids is 1. The van der Waals surface area contributed by atoms with Gasteiger partial charge in [0.1, 0.15) is 23.3 Å². The van der Waals surface area contributed by atoms with E-state index in [1.54, 1.807) is 50.9 Å². The number of carbonyl (C=O) groups is 1. The second-order valence-corrected chi connectivity index (χ2v) is 7.76. The minimum atomic E-state index is -0.424. The largest absolute Gasteiger partial charge is 0.386 e. The van der Waals surface area contributed by atoms with Gasteiger partial charge in [-0.2, -0.15) is 0 Å². The third kappa shape index (κ3) is 3.83. The van der Waals surface area contributed by atoms with Gasteiger partial charge in [0.05, 0.1) is 35.9 Å². The SMILES string of the molecule is CNc1cc(Nc2cccn(-c3cncnc3)c2=O)nc2c(C(=O)N[C@@H]3CC[C@H]3OC)onc12. The number of fused-ring (bicyclic) bond motifs is 1. The molecule has 0 bridgehead atoms. The predicted octanol–water partition coefficient (Wildman–Crippen LogP) is 1.86. The molecule has 0 saturated heterocycles. The van der Waals surface area contributed by atoms with E-state index in [1.165, 1.54) is 10.9 Å². The fourth-order valence-electron chi connectivity index (χ4n) is 3.82. The normalized spacial score (nSPS) is 17.2. The highest BCUT2D eigenvalue weighted by molar-refractivity contribution is 6.05. The van der Waals surface area contributed by atoms with Crippen LogP contribution < -0.4 is 21.5 Å². The van der Waals surface area contributed by atoms with Crippen molar-refractivity contribution >= 4 is 34.1 Å². The second-order valence-electron chi connectivity index (χ2n) is 7.76. The van der Waals surface area contributed by atoms with Gasteiger partial charge in [-0.05, 0) is 25.0 Å². The van der Waals surface area contributed by atoms with Crippen molar-refractivity contribution in [2.24, 2.45) is 0 Å². The fraction of sp³-hybridized carbons (Fsp3) is 0.273. The van der Waals surface area contributed by atoms with Gasteiger partial charge in [0.25, 0.3) is 11.5 Å². The van der Waals surface area contributed by atoms with E-state index in [4.69, 9.17) is 9.26 Å². The lowest BCUT2D eigenvalue weighted by atomic mass is 9.89. The maximum absolute atomic E-state index is 13.0. The summed E-state index contributed by atoms with van der Waals surface area (Å²) in [5, 5.41) is 13.0. The summed E-state index contributed by atoms with van der Waals surface area (Å²) in [5.74, 6) is -0.0948. The van der Waals surface area contributed by atoms with Crippen molar-refractivity contribution in [3.63, 3.8) is 0 Å². The van der Waals surface area contributed by atoms with Crippen molar-refractivity contribution in [3.8, 4) is 5.69 Å². The number of pyridine rings is 2. The first-order chi connectivity index (χ1) is 16.6. The van der Waals surface area contributed by atoms with Gasteiger partial charge >= 0.3 is 0 Å². The quantitative estimate of drug-likeness (QED) is 0.371. The second kappa shape index (κ2) is 8.90. The van der Waals surface area contributed by atoms with Gasteiger partial charge in [0.2, 0.25) is 5.76 Å². The van der Waals surface area contributed by atoms with Gasteiger partial charge in [0, 0.05) is 26.4 Å². The maximum Gasteiger partial charge on any atom is 0.292 e. The highest BCUT2D eigenvalue weighted by atomic mass is 16.5. The number of nitrogens with zero attached hydrogens (tertiary/aromatic N) is 5. The molecule has 1 amide bonds. The van der Waals surface area contributed by atoms with Crippen molar-refractivity contribution in [1.29, 1.82) is 0 Å². The Morgan fingerprint density at radius 2 is 2.03 bits per heavy atom. The van der Waals surface area contributed by atoms with Crippen LogP contribution in [0, 0.1) is 0 Å². The number of nitrogens with one attached hydrogen (secondary N) is 3. The lowest BCUT2D eigenvalue weighted by Crippen LogP contribution is -2.51. The van der Waals surface area contributed by atoms with Crippen LogP contribution in [0.25, 0.3) is 16.7 Å². The summed E-state index contributed by atoms with van der Waals surface area (Å²) in [6.07, 6.45) is 7.79. The van der Waals surface area contributed by atoms with Gasteiger partial charge in [-0.25, -0.2) is 15.0 Å². The Bertz CT molecular complexity index is 1400. The molecule has 174 valence electrons. The smallest absolute Gasteiger partial charge is 0.292 e. The molecule has 0 aromatic carbocycles. The summed E-state index contributed by atoms with van der Waals surface area (Å²) < 4.78 is 12.1. The molecule has 1 saturated carbocycles. The van der Waals surface area contributed by atoms with E-state index >= 15 is 0 Å². The van der Waals surface area contributed by atoms with Crippen molar-refractivity contribution in [2.75, 3.05) is 24.8 Å². The van der Waals surface area contributed by atoms with E-state index in [1.807, 2.05) is 0 Å². The first-order valence-electron chi connectivity index (χ1n) is 10.6. The Kier molecular flexibility index (Phi) is 5.64. The minimum Gasteiger partial charge on any atom is -0.386 e. The number of methoxy groups -OCH3 is 1. The highest BCUT2D eigenvalue weighted by Crippen LogP contribution is 2.29. The summed E-state index contributed by atoms with van der Waals surface area (Å²) >= 11 is 0. The van der Waals surface area contributed by atoms with E-state index in [0.29, 0.717) is 22.7 Å². The molecule has 34 heavy (non-hydrogen) atoms. The number of hydrogen-bond acceptors (Lipinski definition) is 10. The molecule has 5 rings (SSSR count). The summed E-state index contributed by atoms with van der Waals surface area (Å²) in [7, 11) is 3.34. The Morgan fingerprint density at radius 1 is 1.21 bits per heavy atom. The van der Waals surface area contributed by atoms with E-state index in [2.05, 4.69) is 36.1 Å². The molecule has 12 nitrogen and oxygen atoms in total. The van der Waals surface area contributed by atoms with Crippen molar-refractivity contribution in [2.45, 2.75) is 25.0 Å². The molecule has 1 aliphatic carbocycles. The molecule has 3 N–H and O–H groups in total. The molecule has 4 aromatic heterocycles. The van der Waals surface area contributed by atoms with E-state index in [-0.39, 0.29) is 34.7 Å². The summed E-state index contributed by atoms with van der Waals surface area (Å²) in [6, 6.07) is 4.95. The van der Waals surface area contributed by atoms with Gasteiger partial charge in [-0.1, -0.05) is 5.16 Å². The Hall–Kier alpha value is -4.32. The fourth-order valence-corrected chi connectivity index (χ4v) is 3.82. The van der Waals surface area contributed by atoms with Gasteiger partial charge in [-0.3, -0.25) is 14.2 Å². The number of amides is 1. The van der Waals surface area contributed by atoms with Gasteiger partial charge < -0.3 is 25.2 Å². The van der Waals surface area contributed by atoms with Crippen LogP contribution in [-0.4, -0.2) is 56.9 Å². The van der Waals surface area contributed by atoms with E-state index in [0.717, 1.165) is 12.8 Å². The van der Waals surface area contributed by atoms with E-state index < -0.39 is 5.91 Å². The number of aromatic nitrogens is 5. The zero-order chi connectivity index (χ0) is 23.7. The maximum atomic E-state index is 13.0. The lowest BCUT2D eigenvalue weighted by molar-refractivity contribution is 0.00678. The molecular formula is C22H22N8O4. The molecule has 0 aliphatic heterocycles. The zero-order valence-corrected chi connectivity index (χ0v) is 18.5. The Morgan fingerprint density at radius 3 is 2.74 bits per heavy atom. The van der Waals surface area contributed by atoms with Crippen LogP contribution in [0.4, 0.5) is 17.2 Å². The van der Waals surface area contributed by atoms with Crippen molar-refractivity contribution in [3.05, 3.63) is 59.2 Å². The van der Waals surface area contributed by atoms with Crippen LogP contribution in [0.5, 0.6) is 0 Å². The first-order valence-corrected chi connectivity index (χ1v) is 10.6. The van der Waals surface area contributed by atoms with Crippen molar-refractivity contribution < 1.29 is 14.1 Å². The van der Waals surface area contributed by atoms with Crippen molar-refractivity contribution in [1.82, 2.24) is 30.0 Å². The summed E-state index contributed by atoms with van der Waals surface area (Å²) in [5.41, 5.74) is 1.75. The Labute approximate surface area is 193 Å². The van der Waals surface area contributed by atoms with Crippen LogP contribution in [0.3, 0.4) is 0 Å². The first kappa shape index (κ1) is 21.5. The standard InChI is InChI=1S/C22H22N8O4/c1-23-15-8-17(26-14-4-3-7-30(22(14)32)12-9-24-11-25-10-12)28-19-18(15)29-34-20(19)21(31)27-13-5-6-16(13)33-2/h3-4,7-11,13,16,23H,5-6H2,1-2H3,(H,26,28)(H,27,31)/t13-,16-/m1/s1. The average molecular weight is 462 g/mol. The zero-order valence-electron chi connectivity index (χ0n) is 18.5.